The van der Waals surface area contributed by atoms with E-state index in [1.165, 1.54) is 20.4 Å². The minimum absolute atomic E-state index is 0.249. The molecular weight excluding hydrogens is 446 g/mol. The van der Waals surface area contributed by atoms with Crippen LogP contribution in [0.25, 0.3) is 0 Å². The third-order valence-corrected chi connectivity index (χ3v) is 7.62. The number of rotatable bonds is 5. The molecule has 4 aliphatic rings. The first-order chi connectivity index (χ1) is 17.1. The van der Waals surface area contributed by atoms with Crippen LogP contribution in [0.2, 0.25) is 0 Å². The number of pyridine rings is 1. The maximum absolute atomic E-state index is 14.0. The lowest BCUT2D eigenvalue weighted by Crippen LogP contribution is -2.60. The molecule has 35 heavy (non-hydrogen) atoms. The number of hydrazine groups is 1. The van der Waals surface area contributed by atoms with Crippen LogP contribution in [0.1, 0.15) is 38.5 Å². The molecule has 1 aromatic heterocycles. The van der Waals surface area contributed by atoms with Crippen LogP contribution in [-0.2, 0) is 24.5 Å². The van der Waals surface area contributed by atoms with Gasteiger partial charge < -0.3 is 9.47 Å². The molecule has 2 aromatic carbocycles. The minimum atomic E-state index is -1.07. The Morgan fingerprint density at radius 2 is 1.57 bits per heavy atom. The molecule has 2 unspecified atom stereocenters. The molecule has 1 N–H and O–H groups in total. The SMILES string of the molecule is COC(OC)C12c3ccccc3C(c3ccccc31)C1C(=O)N(NC(=O)c3cccnc3)C(=O)C12. The van der Waals surface area contributed by atoms with Crippen molar-refractivity contribution in [3.8, 4) is 0 Å². The quantitative estimate of drug-likeness (QED) is 0.455. The third-order valence-electron chi connectivity index (χ3n) is 7.62. The van der Waals surface area contributed by atoms with Crippen LogP contribution in [-0.4, -0.2) is 48.2 Å². The molecule has 8 heteroatoms. The number of nitrogens with zero attached hydrogens (tertiary/aromatic N) is 2. The van der Waals surface area contributed by atoms with Crippen molar-refractivity contribution in [3.63, 3.8) is 0 Å². The first kappa shape index (κ1) is 21.6. The number of carbonyl (C=O) groups excluding carboxylic acids is 3. The summed E-state index contributed by atoms with van der Waals surface area (Å²) in [6.07, 6.45) is 2.09. The van der Waals surface area contributed by atoms with Gasteiger partial charge in [0.1, 0.15) is 0 Å². The Balaban J connectivity index is 1.55. The molecular formula is C27H23N3O5. The van der Waals surface area contributed by atoms with Crippen molar-refractivity contribution in [1.29, 1.82) is 0 Å². The van der Waals surface area contributed by atoms with Crippen LogP contribution in [0, 0.1) is 11.8 Å². The molecule has 2 bridgehead atoms. The Bertz CT molecular complexity index is 1310. The molecule has 1 aliphatic heterocycles. The lowest BCUT2D eigenvalue weighted by Gasteiger charge is -2.55. The van der Waals surface area contributed by atoms with Crippen LogP contribution in [0.15, 0.2) is 73.1 Å². The molecule has 0 saturated carbocycles. The number of carbonyl (C=O) groups is 3. The van der Waals surface area contributed by atoms with E-state index in [1.807, 2.05) is 48.5 Å². The normalized spacial score (nSPS) is 25.9. The first-order valence-corrected chi connectivity index (χ1v) is 11.4. The van der Waals surface area contributed by atoms with Crippen LogP contribution >= 0.6 is 0 Å². The summed E-state index contributed by atoms with van der Waals surface area (Å²) in [4.78, 5) is 44.7. The van der Waals surface area contributed by atoms with Gasteiger partial charge in [0, 0.05) is 32.5 Å². The van der Waals surface area contributed by atoms with Crippen molar-refractivity contribution >= 4 is 17.7 Å². The van der Waals surface area contributed by atoms with E-state index in [0.717, 1.165) is 27.3 Å². The lowest BCUT2D eigenvalue weighted by atomic mass is 9.47. The second-order valence-electron chi connectivity index (χ2n) is 9.02. The summed E-state index contributed by atoms with van der Waals surface area (Å²) in [7, 11) is 3.07. The van der Waals surface area contributed by atoms with Crippen LogP contribution < -0.4 is 5.43 Å². The standard InChI is InChI=1S/C27H23N3O5/c1-34-26(35-2)27-18-11-5-3-9-16(18)20(17-10-4-6-12-19(17)27)21-22(27)25(33)30(24(21)32)29-23(31)15-8-7-13-28-14-15/h3-14,20-22,26H,1-2H3,(H,29,31). The largest absolute Gasteiger partial charge is 0.355 e. The van der Waals surface area contributed by atoms with Gasteiger partial charge in [-0.15, -0.1) is 0 Å². The highest BCUT2D eigenvalue weighted by Gasteiger charge is 2.71. The average molecular weight is 469 g/mol. The highest BCUT2D eigenvalue weighted by molar-refractivity contribution is 6.10. The van der Waals surface area contributed by atoms with Crippen molar-refractivity contribution in [1.82, 2.24) is 15.4 Å². The molecule has 0 radical (unpaired) electrons. The summed E-state index contributed by atoms with van der Waals surface area (Å²) in [5.74, 6) is -3.37. The van der Waals surface area contributed by atoms with Gasteiger partial charge in [-0.05, 0) is 34.4 Å². The fraction of sp³-hybridized carbons (Fsp3) is 0.259. The zero-order valence-corrected chi connectivity index (χ0v) is 19.2. The summed E-state index contributed by atoms with van der Waals surface area (Å²) in [5.41, 5.74) is 5.45. The fourth-order valence-electron chi connectivity index (χ4n) is 6.47. The zero-order valence-electron chi connectivity index (χ0n) is 19.2. The fourth-order valence-corrected chi connectivity index (χ4v) is 6.47. The van der Waals surface area contributed by atoms with Crippen molar-refractivity contribution in [2.24, 2.45) is 11.8 Å². The van der Waals surface area contributed by atoms with Gasteiger partial charge >= 0.3 is 0 Å². The van der Waals surface area contributed by atoms with E-state index < -0.39 is 41.3 Å². The van der Waals surface area contributed by atoms with E-state index >= 15 is 0 Å². The number of ether oxygens (including phenoxy) is 2. The van der Waals surface area contributed by atoms with E-state index in [4.69, 9.17) is 9.47 Å². The van der Waals surface area contributed by atoms with Gasteiger partial charge in [-0.3, -0.25) is 24.8 Å². The van der Waals surface area contributed by atoms with Crippen molar-refractivity contribution in [2.75, 3.05) is 14.2 Å². The summed E-state index contributed by atoms with van der Waals surface area (Å²) < 4.78 is 11.7. The van der Waals surface area contributed by atoms with Crippen LogP contribution in [0.4, 0.5) is 0 Å². The smallest absolute Gasteiger partial charge is 0.271 e. The highest BCUT2D eigenvalue weighted by Crippen LogP contribution is 2.65. The predicted octanol–water partition coefficient (Wildman–Crippen LogP) is 2.39. The molecule has 2 heterocycles. The Morgan fingerprint density at radius 3 is 2.14 bits per heavy atom. The molecule has 3 aromatic rings. The zero-order chi connectivity index (χ0) is 24.3. The molecule has 7 rings (SSSR count). The van der Waals surface area contributed by atoms with Gasteiger partial charge in [0.05, 0.1) is 22.8 Å². The van der Waals surface area contributed by atoms with Gasteiger partial charge in [-0.25, -0.2) is 0 Å². The predicted molar refractivity (Wildman–Crippen MR) is 124 cm³/mol. The summed E-state index contributed by atoms with van der Waals surface area (Å²) in [5, 5.41) is 0.882. The van der Waals surface area contributed by atoms with Crippen LogP contribution in [0.3, 0.4) is 0 Å². The van der Waals surface area contributed by atoms with Gasteiger partial charge in [0.2, 0.25) is 0 Å². The molecule has 1 fully saturated rings. The Kier molecular flexibility index (Phi) is 4.84. The number of hydrogen-bond acceptors (Lipinski definition) is 6. The number of hydrogen-bond donors (Lipinski definition) is 1. The monoisotopic (exact) mass is 469 g/mol. The third kappa shape index (κ3) is 2.69. The molecule has 8 nitrogen and oxygen atoms in total. The number of benzene rings is 2. The molecule has 2 atom stereocenters. The number of nitrogens with one attached hydrogen (secondary N) is 1. The lowest BCUT2D eigenvalue weighted by molar-refractivity contribution is -0.169. The minimum Gasteiger partial charge on any atom is -0.355 e. The molecule has 1 saturated heterocycles. The molecule has 3 aliphatic carbocycles. The van der Waals surface area contributed by atoms with E-state index in [9.17, 15) is 14.4 Å². The summed E-state index contributed by atoms with van der Waals surface area (Å²) in [6, 6.07) is 18.9. The van der Waals surface area contributed by atoms with Gasteiger partial charge in [0.15, 0.2) is 6.29 Å². The summed E-state index contributed by atoms with van der Waals surface area (Å²) in [6.45, 7) is 0. The topological polar surface area (TPSA) is 97.8 Å². The van der Waals surface area contributed by atoms with Crippen molar-refractivity contribution < 1.29 is 23.9 Å². The number of amides is 3. The van der Waals surface area contributed by atoms with E-state index in [2.05, 4.69) is 10.4 Å². The second kappa shape index (κ2) is 7.83. The van der Waals surface area contributed by atoms with Crippen LogP contribution in [0.5, 0.6) is 0 Å². The van der Waals surface area contributed by atoms with Gasteiger partial charge in [0.25, 0.3) is 17.7 Å². The average Bonchev–Trinajstić information content (AvgIpc) is 3.16. The first-order valence-electron chi connectivity index (χ1n) is 11.4. The second-order valence-corrected chi connectivity index (χ2v) is 9.02. The van der Waals surface area contributed by atoms with Crippen molar-refractivity contribution in [2.45, 2.75) is 17.6 Å². The van der Waals surface area contributed by atoms with Crippen molar-refractivity contribution in [3.05, 3.63) is 101 Å². The number of imide groups is 1. The van der Waals surface area contributed by atoms with Gasteiger partial charge in [-0.2, -0.15) is 5.01 Å². The molecule has 3 amide bonds. The van der Waals surface area contributed by atoms with Gasteiger partial charge in [-0.1, -0.05) is 48.5 Å². The maximum Gasteiger partial charge on any atom is 0.271 e. The molecule has 176 valence electrons. The number of methoxy groups -OCH3 is 2. The van der Waals surface area contributed by atoms with E-state index in [-0.39, 0.29) is 11.5 Å². The van der Waals surface area contributed by atoms with E-state index in [1.54, 1.807) is 18.3 Å². The Hall–Kier alpha value is -3.88. The number of aromatic nitrogens is 1. The highest BCUT2D eigenvalue weighted by atomic mass is 16.7. The Labute approximate surface area is 201 Å². The van der Waals surface area contributed by atoms with E-state index in [0.29, 0.717) is 0 Å². The maximum atomic E-state index is 14.0. The Morgan fingerprint density at radius 1 is 0.943 bits per heavy atom. The summed E-state index contributed by atoms with van der Waals surface area (Å²) >= 11 is 0. The molecule has 0 spiro atoms.